The number of ether oxygens (including phenoxy) is 2. The van der Waals surface area contributed by atoms with Gasteiger partial charge in [-0.1, -0.05) is 65.9 Å². The number of aromatic nitrogens is 2. The van der Waals surface area contributed by atoms with Crippen LogP contribution in [0.15, 0.2) is 117 Å². The highest BCUT2D eigenvalue weighted by Gasteiger charge is 2.33. The van der Waals surface area contributed by atoms with Gasteiger partial charge in [0.1, 0.15) is 0 Å². The van der Waals surface area contributed by atoms with Gasteiger partial charge in [-0.05, 0) is 59.9 Å². The van der Waals surface area contributed by atoms with Gasteiger partial charge >= 0.3 is 0 Å². The van der Waals surface area contributed by atoms with Crippen LogP contribution < -0.4 is 24.4 Å². The van der Waals surface area contributed by atoms with Gasteiger partial charge in [0.05, 0.1) is 45.8 Å². The normalized spacial score (nSPS) is 15.6. The summed E-state index contributed by atoms with van der Waals surface area (Å²) in [6.07, 6.45) is 4.65. The van der Waals surface area contributed by atoms with Crippen LogP contribution in [0.2, 0.25) is 0 Å². The molecular formula is C37H28N4O7S2. The minimum absolute atomic E-state index is 0.223. The Morgan fingerprint density at radius 2 is 1.72 bits per heavy atom. The number of nitro benzene ring substituents is 1. The van der Waals surface area contributed by atoms with E-state index in [1.165, 1.54) is 41.3 Å². The molecule has 1 aliphatic heterocycles. The molecule has 0 amide bonds. The number of hydrogen-bond donors (Lipinski definition) is 0. The summed E-state index contributed by atoms with van der Waals surface area (Å²) in [5.41, 5.74) is 5.20. The van der Waals surface area contributed by atoms with Crippen molar-refractivity contribution in [3.05, 3.63) is 155 Å². The third-order valence-electron chi connectivity index (χ3n) is 9.18. The summed E-state index contributed by atoms with van der Waals surface area (Å²) in [4.78, 5) is 30.6. The zero-order valence-electron chi connectivity index (χ0n) is 26.8. The van der Waals surface area contributed by atoms with Gasteiger partial charge in [-0.3, -0.25) is 19.5 Å². The average molecular weight is 705 g/mol. The van der Waals surface area contributed by atoms with Gasteiger partial charge in [0.15, 0.2) is 16.3 Å². The Hall–Kier alpha value is -5.79. The molecule has 3 heterocycles. The number of non-ortho nitro benzene ring substituents is 1. The van der Waals surface area contributed by atoms with E-state index in [2.05, 4.69) is 12.1 Å². The zero-order chi connectivity index (χ0) is 34.7. The summed E-state index contributed by atoms with van der Waals surface area (Å²) in [7, 11) is -1.09. The zero-order valence-corrected chi connectivity index (χ0v) is 28.4. The Morgan fingerprint density at radius 1 is 0.940 bits per heavy atom. The summed E-state index contributed by atoms with van der Waals surface area (Å²) < 4.78 is 42.1. The van der Waals surface area contributed by atoms with Crippen molar-refractivity contribution < 1.29 is 22.8 Å². The maximum atomic E-state index is 14.5. The van der Waals surface area contributed by atoms with Crippen LogP contribution in [0.1, 0.15) is 34.7 Å². The number of para-hydroxylation sites is 1. The lowest BCUT2D eigenvalue weighted by atomic mass is 9.83. The molecule has 0 saturated carbocycles. The highest BCUT2D eigenvalue weighted by atomic mass is 32.2. The first-order chi connectivity index (χ1) is 24.2. The molecule has 8 rings (SSSR count). The van der Waals surface area contributed by atoms with E-state index in [4.69, 9.17) is 14.5 Å². The van der Waals surface area contributed by atoms with Crippen molar-refractivity contribution in [3.8, 4) is 11.5 Å². The largest absolute Gasteiger partial charge is 0.493 e. The fraction of sp³-hybridized carbons (Fsp3) is 0.135. The Labute approximate surface area is 289 Å². The summed E-state index contributed by atoms with van der Waals surface area (Å²) in [6.45, 7) is 0. The smallest absolute Gasteiger partial charge is 0.271 e. The fourth-order valence-electron chi connectivity index (χ4n) is 6.85. The second kappa shape index (κ2) is 12.0. The predicted molar refractivity (Wildman–Crippen MR) is 190 cm³/mol. The van der Waals surface area contributed by atoms with E-state index in [1.807, 2.05) is 30.3 Å². The molecule has 11 nitrogen and oxygen atoms in total. The molecule has 50 heavy (non-hydrogen) atoms. The number of methoxy groups -OCH3 is 2. The SMILES string of the molecule is COc1ccc([C@H]2C3=C(N=c4s/c(=C/c5cn(S(=O)(=O)c6cccc([N+](=O)[O-])c6)c6ccccc56)c(=O)n42)c2ccccc2CC3)cc1OC. The number of rotatable bonds is 7. The molecule has 2 aliphatic rings. The van der Waals surface area contributed by atoms with E-state index in [0.29, 0.717) is 43.7 Å². The summed E-state index contributed by atoms with van der Waals surface area (Å²) in [5, 5.41) is 12.0. The van der Waals surface area contributed by atoms with Gasteiger partial charge in [0, 0.05) is 34.8 Å². The van der Waals surface area contributed by atoms with Crippen LogP contribution in [0.3, 0.4) is 0 Å². The Balaban J connectivity index is 1.34. The Kier molecular flexibility index (Phi) is 7.53. The monoisotopic (exact) mass is 704 g/mol. The van der Waals surface area contributed by atoms with Crippen LogP contribution in [0, 0.1) is 10.1 Å². The Morgan fingerprint density at radius 3 is 2.52 bits per heavy atom. The lowest BCUT2D eigenvalue weighted by molar-refractivity contribution is -0.385. The Bertz CT molecular complexity index is 2720. The van der Waals surface area contributed by atoms with E-state index in [0.717, 1.165) is 38.9 Å². The van der Waals surface area contributed by atoms with Crippen LogP contribution in [0.25, 0.3) is 22.7 Å². The minimum atomic E-state index is -4.24. The highest BCUT2D eigenvalue weighted by Crippen LogP contribution is 2.43. The molecule has 0 spiro atoms. The van der Waals surface area contributed by atoms with Gasteiger partial charge in [0.2, 0.25) is 0 Å². The summed E-state index contributed by atoms with van der Waals surface area (Å²) >= 11 is 1.23. The minimum Gasteiger partial charge on any atom is -0.493 e. The van der Waals surface area contributed by atoms with Crippen LogP contribution in [0.4, 0.5) is 5.69 Å². The molecule has 4 aromatic carbocycles. The second-order valence-electron chi connectivity index (χ2n) is 11.9. The molecule has 0 bridgehead atoms. The standard InChI is InChI=1S/C37H28N4O7S2/c1-47-31-17-15-23(18-32(31)48-2)35-29-16-14-22-8-3-4-12-28(22)34(29)38-37-40(35)36(42)33(49-37)19-24-21-39(30-13-6-5-11-27(24)30)50(45,46)26-10-7-9-25(20-26)41(43)44/h3-13,15,17-21,35H,14,16H2,1-2H3/b33-19+/t35-/m0/s1. The van der Waals surface area contributed by atoms with Crippen LogP contribution in [0.5, 0.6) is 11.5 Å². The fourth-order valence-corrected chi connectivity index (χ4v) is 9.26. The summed E-state index contributed by atoms with van der Waals surface area (Å²) in [5.74, 6) is 1.11. The van der Waals surface area contributed by atoms with E-state index in [9.17, 15) is 23.3 Å². The molecular weight excluding hydrogens is 677 g/mol. The predicted octanol–water partition coefficient (Wildman–Crippen LogP) is 5.44. The van der Waals surface area contributed by atoms with Crippen LogP contribution in [-0.2, 0) is 16.4 Å². The summed E-state index contributed by atoms with van der Waals surface area (Å²) in [6, 6.07) is 25.2. The first-order valence-electron chi connectivity index (χ1n) is 15.6. The maximum Gasteiger partial charge on any atom is 0.271 e. The second-order valence-corrected chi connectivity index (χ2v) is 14.7. The number of thiazole rings is 1. The number of hydrogen-bond acceptors (Lipinski definition) is 9. The van der Waals surface area contributed by atoms with Crippen molar-refractivity contribution in [3.63, 3.8) is 0 Å². The van der Waals surface area contributed by atoms with Gasteiger partial charge in [-0.2, -0.15) is 0 Å². The molecule has 6 aromatic rings. The van der Waals surface area contributed by atoms with Crippen LogP contribution >= 0.6 is 11.3 Å². The molecule has 13 heteroatoms. The number of fused-ring (bicyclic) bond motifs is 4. The van der Waals surface area contributed by atoms with Gasteiger partial charge in [0.25, 0.3) is 21.3 Å². The van der Waals surface area contributed by atoms with Crippen molar-refractivity contribution in [2.45, 2.75) is 23.8 Å². The first kappa shape index (κ1) is 31.5. The molecule has 2 aromatic heterocycles. The quantitative estimate of drug-likeness (QED) is 0.160. The van der Waals surface area contributed by atoms with Gasteiger partial charge in [-0.15, -0.1) is 0 Å². The van der Waals surface area contributed by atoms with Crippen molar-refractivity contribution in [1.29, 1.82) is 0 Å². The highest BCUT2D eigenvalue weighted by molar-refractivity contribution is 7.90. The van der Waals surface area contributed by atoms with E-state index in [1.54, 1.807) is 49.1 Å². The third-order valence-corrected chi connectivity index (χ3v) is 11.8. The molecule has 1 atom stereocenters. The lowest BCUT2D eigenvalue weighted by Gasteiger charge is -2.31. The molecule has 250 valence electrons. The molecule has 0 unspecified atom stereocenters. The average Bonchev–Trinajstić information content (AvgIpc) is 3.67. The topological polar surface area (TPSA) is 135 Å². The van der Waals surface area contributed by atoms with Crippen molar-refractivity contribution >= 4 is 49.7 Å². The molecule has 0 N–H and O–H groups in total. The number of benzene rings is 4. The lowest BCUT2D eigenvalue weighted by Crippen LogP contribution is -2.38. The van der Waals surface area contributed by atoms with Gasteiger partial charge in [-0.25, -0.2) is 17.4 Å². The van der Waals surface area contributed by atoms with E-state index < -0.39 is 21.0 Å². The van der Waals surface area contributed by atoms with Crippen molar-refractivity contribution in [2.75, 3.05) is 14.2 Å². The molecule has 1 aliphatic carbocycles. The van der Waals surface area contributed by atoms with Gasteiger partial charge < -0.3 is 9.47 Å². The first-order valence-corrected chi connectivity index (χ1v) is 17.9. The third kappa shape index (κ3) is 4.96. The number of nitrogens with zero attached hydrogens (tertiary/aromatic N) is 4. The maximum absolute atomic E-state index is 14.5. The molecule has 0 radical (unpaired) electrons. The number of nitro groups is 1. The van der Waals surface area contributed by atoms with Crippen molar-refractivity contribution in [2.24, 2.45) is 4.99 Å². The molecule has 0 saturated heterocycles. The number of aryl methyl sites for hydroxylation is 1. The van der Waals surface area contributed by atoms with E-state index >= 15 is 0 Å². The molecule has 0 fully saturated rings. The number of allylic oxidation sites excluding steroid dienone is 1. The van der Waals surface area contributed by atoms with Crippen molar-refractivity contribution in [1.82, 2.24) is 8.54 Å². The van der Waals surface area contributed by atoms with E-state index in [-0.39, 0.29) is 16.1 Å². The van der Waals surface area contributed by atoms with Crippen LogP contribution in [-0.4, -0.2) is 36.1 Å².